The summed E-state index contributed by atoms with van der Waals surface area (Å²) in [5.41, 5.74) is 0.559. The van der Waals surface area contributed by atoms with Crippen LogP contribution in [0.5, 0.6) is 0 Å². The predicted octanol–water partition coefficient (Wildman–Crippen LogP) is 3.49. The first-order valence-corrected chi connectivity index (χ1v) is 9.02. The summed E-state index contributed by atoms with van der Waals surface area (Å²) in [6.07, 6.45) is 3.57. The van der Waals surface area contributed by atoms with Crippen molar-refractivity contribution in [2.75, 3.05) is 18.0 Å². The lowest BCUT2D eigenvalue weighted by molar-refractivity contribution is 0.0902. The normalized spacial score (nSPS) is 18.0. The monoisotopic (exact) mass is 338 g/mol. The number of aromatic nitrogens is 3. The van der Waals surface area contributed by atoms with Crippen molar-refractivity contribution in [1.82, 2.24) is 15.0 Å². The number of hydrogen-bond donors (Lipinski definition) is 0. The van der Waals surface area contributed by atoms with Gasteiger partial charge in [0.05, 0.1) is 5.39 Å². The molecule has 0 aromatic carbocycles. The lowest BCUT2D eigenvalue weighted by atomic mass is 9.92. The van der Waals surface area contributed by atoms with Crippen LogP contribution in [0.1, 0.15) is 29.2 Å². The number of aryl methyl sites for hydroxylation is 1. The van der Waals surface area contributed by atoms with E-state index in [2.05, 4.69) is 25.9 Å². The third-order valence-corrected chi connectivity index (χ3v) is 5.23. The van der Waals surface area contributed by atoms with Crippen LogP contribution in [0.25, 0.3) is 10.2 Å². The van der Waals surface area contributed by atoms with Gasteiger partial charge in [0.2, 0.25) is 0 Å². The Hall–Kier alpha value is -2.34. The summed E-state index contributed by atoms with van der Waals surface area (Å²) >= 11 is 1.63. The van der Waals surface area contributed by atoms with Gasteiger partial charge in [-0.3, -0.25) is 9.78 Å². The molecule has 4 heterocycles. The number of Topliss-reactive ketones (excluding diaryl/α,β-unsaturated/α-hetero) is 1. The van der Waals surface area contributed by atoms with Gasteiger partial charge in [0.25, 0.3) is 0 Å². The highest BCUT2D eigenvalue weighted by Crippen LogP contribution is 2.31. The third kappa shape index (κ3) is 2.78. The summed E-state index contributed by atoms with van der Waals surface area (Å²) in [7, 11) is 0. The number of carbonyl (C=O) groups is 1. The highest BCUT2D eigenvalue weighted by atomic mass is 32.1. The first-order valence-electron chi connectivity index (χ1n) is 8.14. The molecule has 0 bridgehead atoms. The highest BCUT2D eigenvalue weighted by molar-refractivity contribution is 7.16. The number of piperidine rings is 1. The van der Waals surface area contributed by atoms with Crippen molar-refractivity contribution in [1.29, 1.82) is 0 Å². The molecule has 1 atom stereocenters. The van der Waals surface area contributed by atoms with E-state index >= 15 is 0 Å². The molecule has 0 N–H and O–H groups in total. The fourth-order valence-electron chi connectivity index (χ4n) is 3.29. The van der Waals surface area contributed by atoms with Crippen molar-refractivity contribution in [3.8, 4) is 0 Å². The second-order valence-electron chi connectivity index (χ2n) is 6.10. The van der Waals surface area contributed by atoms with Crippen LogP contribution >= 0.6 is 11.3 Å². The van der Waals surface area contributed by atoms with E-state index in [1.807, 2.05) is 24.4 Å². The Bertz CT molecular complexity index is 877. The fraction of sp³-hybridized carbons (Fsp3) is 0.333. The van der Waals surface area contributed by atoms with Gasteiger partial charge >= 0.3 is 0 Å². The maximum absolute atomic E-state index is 12.7. The largest absolute Gasteiger partial charge is 0.355 e. The Morgan fingerprint density at radius 2 is 2.21 bits per heavy atom. The van der Waals surface area contributed by atoms with Crippen molar-refractivity contribution in [2.24, 2.45) is 5.92 Å². The van der Waals surface area contributed by atoms with Gasteiger partial charge in [-0.1, -0.05) is 6.07 Å². The number of pyridine rings is 1. The van der Waals surface area contributed by atoms with Gasteiger partial charge in [-0.25, -0.2) is 9.97 Å². The molecule has 1 aliphatic heterocycles. The molecule has 1 aliphatic rings. The Morgan fingerprint density at radius 3 is 3.04 bits per heavy atom. The Labute approximate surface area is 144 Å². The van der Waals surface area contributed by atoms with Crippen molar-refractivity contribution in [3.63, 3.8) is 0 Å². The number of anilines is 1. The van der Waals surface area contributed by atoms with E-state index in [1.54, 1.807) is 23.6 Å². The van der Waals surface area contributed by atoms with Gasteiger partial charge in [0.1, 0.15) is 22.2 Å². The molecule has 3 aromatic rings. The molecule has 6 heteroatoms. The Balaban J connectivity index is 1.63. The van der Waals surface area contributed by atoms with Crippen molar-refractivity contribution < 1.29 is 4.79 Å². The van der Waals surface area contributed by atoms with E-state index in [9.17, 15) is 4.79 Å². The highest BCUT2D eigenvalue weighted by Gasteiger charge is 2.29. The van der Waals surface area contributed by atoms with Gasteiger partial charge in [0, 0.05) is 25.2 Å². The number of thiophene rings is 1. The van der Waals surface area contributed by atoms with Crippen molar-refractivity contribution in [2.45, 2.75) is 19.8 Å². The van der Waals surface area contributed by atoms with Crippen LogP contribution in [0.4, 0.5) is 5.82 Å². The molecule has 0 amide bonds. The van der Waals surface area contributed by atoms with Gasteiger partial charge in [-0.15, -0.1) is 11.3 Å². The average molecular weight is 338 g/mol. The van der Waals surface area contributed by atoms with Crippen molar-refractivity contribution >= 4 is 33.2 Å². The van der Waals surface area contributed by atoms with Crippen LogP contribution in [-0.4, -0.2) is 33.8 Å². The van der Waals surface area contributed by atoms with Gasteiger partial charge < -0.3 is 4.90 Å². The molecule has 24 heavy (non-hydrogen) atoms. The zero-order valence-corrected chi connectivity index (χ0v) is 14.3. The minimum absolute atomic E-state index is 0.0300. The molecule has 1 saturated heterocycles. The molecule has 3 aromatic heterocycles. The van der Waals surface area contributed by atoms with Gasteiger partial charge in [0.15, 0.2) is 5.78 Å². The zero-order valence-electron chi connectivity index (χ0n) is 13.5. The molecule has 4 rings (SSSR count). The standard InChI is InChI=1S/C18H18N4OS/c1-12-20-17(14-7-10-24-18(14)21-12)22-9-4-5-13(11-22)16(23)15-6-2-3-8-19-15/h2-3,6-8,10,13H,4-5,9,11H2,1H3/t13-/m1/s1. The number of carbonyl (C=O) groups excluding carboxylic acids is 1. The van der Waals surface area contributed by atoms with Crippen LogP contribution in [-0.2, 0) is 0 Å². The summed E-state index contributed by atoms with van der Waals surface area (Å²) in [6, 6.07) is 7.57. The minimum Gasteiger partial charge on any atom is -0.355 e. The van der Waals surface area contributed by atoms with E-state index in [0.717, 1.165) is 41.2 Å². The van der Waals surface area contributed by atoms with E-state index in [4.69, 9.17) is 0 Å². The summed E-state index contributed by atoms with van der Waals surface area (Å²) < 4.78 is 0. The predicted molar refractivity (Wildman–Crippen MR) is 95.7 cm³/mol. The molecule has 5 nitrogen and oxygen atoms in total. The van der Waals surface area contributed by atoms with Crippen molar-refractivity contribution in [3.05, 3.63) is 47.4 Å². The smallest absolute Gasteiger partial charge is 0.185 e. The SMILES string of the molecule is Cc1nc(N2CCC[C@@H](C(=O)c3ccccn3)C2)c2ccsc2n1. The molecular formula is C18H18N4OS. The van der Waals surface area contributed by atoms with Crippen LogP contribution < -0.4 is 4.90 Å². The van der Waals surface area contributed by atoms with E-state index in [-0.39, 0.29) is 11.7 Å². The van der Waals surface area contributed by atoms with Gasteiger partial charge in [-0.2, -0.15) is 0 Å². The van der Waals surface area contributed by atoms with E-state index in [0.29, 0.717) is 12.2 Å². The first kappa shape index (κ1) is 15.2. The van der Waals surface area contributed by atoms with Gasteiger partial charge in [-0.05, 0) is 43.3 Å². The van der Waals surface area contributed by atoms with Crippen LogP contribution in [0.15, 0.2) is 35.8 Å². The van der Waals surface area contributed by atoms with E-state index < -0.39 is 0 Å². The van der Waals surface area contributed by atoms with E-state index in [1.165, 1.54) is 0 Å². The first-order chi connectivity index (χ1) is 11.7. The quantitative estimate of drug-likeness (QED) is 0.684. The lowest BCUT2D eigenvalue weighted by Crippen LogP contribution is -2.39. The summed E-state index contributed by atoms with van der Waals surface area (Å²) in [5, 5.41) is 3.12. The number of nitrogens with zero attached hydrogens (tertiary/aromatic N) is 4. The Morgan fingerprint density at radius 1 is 1.29 bits per heavy atom. The summed E-state index contributed by atoms with van der Waals surface area (Å²) in [4.78, 5) is 29.4. The fourth-order valence-corrected chi connectivity index (χ4v) is 4.09. The maximum Gasteiger partial charge on any atom is 0.185 e. The Kier molecular flexibility index (Phi) is 3.98. The summed E-state index contributed by atoms with van der Waals surface area (Å²) in [5.74, 6) is 1.83. The van der Waals surface area contributed by atoms with Crippen LogP contribution in [0.3, 0.4) is 0 Å². The molecule has 0 radical (unpaired) electrons. The molecule has 0 aliphatic carbocycles. The zero-order chi connectivity index (χ0) is 16.5. The second-order valence-corrected chi connectivity index (χ2v) is 6.99. The second kappa shape index (κ2) is 6.28. The summed E-state index contributed by atoms with van der Waals surface area (Å²) in [6.45, 7) is 3.54. The molecule has 0 saturated carbocycles. The minimum atomic E-state index is -0.0300. The number of rotatable bonds is 3. The van der Waals surface area contributed by atoms with Crippen LogP contribution in [0, 0.1) is 12.8 Å². The molecular weight excluding hydrogens is 320 g/mol. The number of ketones is 1. The molecule has 1 fully saturated rings. The molecule has 0 spiro atoms. The third-order valence-electron chi connectivity index (χ3n) is 4.43. The number of hydrogen-bond acceptors (Lipinski definition) is 6. The number of fused-ring (bicyclic) bond motifs is 1. The lowest BCUT2D eigenvalue weighted by Gasteiger charge is -2.33. The topological polar surface area (TPSA) is 59.0 Å². The molecule has 0 unspecified atom stereocenters. The molecule has 122 valence electrons. The average Bonchev–Trinajstić information content (AvgIpc) is 3.09. The maximum atomic E-state index is 12.7. The van der Waals surface area contributed by atoms with Crippen LogP contribution in [0.2, 0.25) is 0 Å².